The maximum atomic E-state index is 12.0. The van der Waals surface area contributed by atoms with Crippen molar-refractivity contribution in [2.45, 2.75) is 38.8 Å². The molecule has 0 heterocycles. The first-order valence-electron chi connectivity index (χ1n) is 7.58. The summed E-state index contributed by atoms with van der Waals surface area (Å²) in [5.41, 5.74) is 2.87. The molecule has 0 bridgehead atoms. The quantitative estimate of drug-likeness (QED) is 0.890. The molecule has 0 aliphatic rings. The number of carbonyl (C=O) groups excluding carboxylic acids is 1. The van der Waals surface area contributed by atoms with Crippen molar-refractivity contribution in [1.82, 2.24) is 5.32 Å². The summed E-state index contributed by atoms with van der Waals surface area (Å²) >= 11 is 5.80. The van der Waals surface area contributed by atoms with Crippen LogP contribution in [0.2, 0.25) is 5.02 Å². The molecule has 2 aromatic carbocycles. The fourth-order valence-corrected chi connectivity index (χ4v) is 2.33. The van der Waals surface area contributed by atoms with E-state index in [1.54, 1.807) is 24.3 Å². The van der Waals surface area contributed by atoms with Gasteiger partial charge in [-0.25, -0.2) is 0 Å². The normalized spacial score (nSPS) is 12.7. The van der Waals surface area contributed by atoms with Gasteiger partial charge in [0.05, 0.1) is 0 Å². The molecule has 0 aliphatic heterocycles. The molecular weight excluding hydrogens is 310 g/mol. The molecule has 122 valence electrons. The predicted molar refractivity (Wildman–Crippen MR) is 93.4 cm³/mol. The molecule has 3 nitrogen and oxygen atoms in total. The lowest BCUT2D eigenvalue weighted by Gasteiger charge is -2.19. The lowest BCUT2D eigenvalue weighted by atomic mass is 9.87. The van der Waals surface area contributed by atoms with E-state index in [-0.39, 0.29) is 5.41 Å². The zero-order chi connectivity index (χ0) is 17.0. The van der Waals surface area contributed by atoms with Gasteiger partial charge >= 0.3 is 0 Å². The average molecular weight is 332 g/mol. The van der Waals surface area contributed by atoms with Crippen molar-refractivity contribution in [3.8, 4) is 0 Å². The molecule has 23 heavy (non-hydrogen) atoms. The number of carbonyl (C=O) groups is 1. The molecule has 0 saturated heterocycles. The van der Waals surface area contributed by atoms with Gasteiger partial charge in [0.2, 0.25) is 0 Å². The third kappa shape index (κ3) is 4.81. The van der Waals surface area contributed by atoms with Crippen LogP contribution in [0.5, 0.6) is 0 Å². The number of benzene rings is 2. The Kier molecular flexibility index (Phi) is 5.45. The molecule has 0 aliphatic carbocycles. The molecule has 0 saturated carbocycles. The van der Waals surface area contributed by atoms with Crippen molar-refractivity contribution < 1.29 is 9.90 Å². The highest BCUT2D eigenvalue weighted by Crippen LogP contribution is 2.22. The number of hydrogen-bond donors (Lipinski definition) is 2. The lowest BCUT2D eigenvalue weighted by Crippen LogP contribution is -2.28. The fourth-order valence-electron chi connectivity index (χ4n) is 2.20. The Morgan fingerprint density at radius 1 is 1.09 bits per heavy atom. The van der Waals surface area contributed by atoms with Crippen LogP contribution in [0.15, 0.2) is 48.5 Å². The summed E-state index contributed by atoms with van der Waals surface area (Å²) in [4.78, 5) is 12.0. The molecule has 4 heteroatoms. The summed E-state index contributed by atoms with van der Waals surface area (Å²) < 4.78 is 0. The van der Waals surface area contributed by atoms with Crippen LogP contribution in [0, 0.1) is 0 Å². The van der Waals surface area contributed by atoms with Crippen molar-refractivity contribution in [3.05, 3.63) is 70.2 Å². The van der Waals surface area contributed by atoms with Gasteiger partial charge in [-0.2, -0.15) is 0 Å². The highest BCUT2D eigenvalue weighted by atomic mass is 35.5. The molecule has 0 aromatic heterocycles. The molecule has 0 radical (unpaired) electrons. The Morgan fingerprint density at radius 3 is 2.17 bits per heavy atom. The maximum absolute atomic E-state index is 12.0. The van der Waals surface area contributed by atoms with Crippen LogP contribution in [0.4, 0.5) is 0 Å². The average Bonchev–Trinajstić information content (AvgIpc) is 2.52. The summed E-state index contributed by atoms with van der Waals surface area (Å²) in [5.74, 6) is -0.424. The van der Waals surface area contributed by atoms with Crippen molar-refractivity contribution in [2.24, 2.45) is 0 Å². The van der Waals surface area contributed by atoms with E-state index in [4.69, 9.17) is 11.6 Å². The summed E-state index contributed by atoms with van der Waals surface area (Å²) in [6, 6.07) is 14.7. The zero-order valence-electron chi connectivity index (χ0n) is 13.6. The van der Waals surface area contributed by atoms with Crippen molar-refractivity contribution in [1.29, 1.82) is 0 Å². The van der Waals surface area contributed by atoms with Gasteiger partial charge in [0.15, 0.2) is 6.10 Å². The minimum absolute atomic E-state index is 0.104. The molecule has 0 fully saturated rings. The molecule has 2 aromatic rings. The van der Waals surface area contributed by atoms with Gasteiger partial charge in [-0.15, -0.1) is 0 Å². The third-order valence-electron chi connectivity index (χ3n) is 3.72. The second-order valence-electron chi connectivity index (χ2n) is 6.62. The highest BCUT2D eigenvalue weighted by Gasteiger charge is 2.17. The number of rotatable bonds is 4. The van der Waals surface area contributed by atoms with Crippen LogP contribution in [0.25, 0.3) is 0 Å². The van der Waals surface area contributed by atoms with E-state index >= 15 is 0 Å². The minimum Gasteiger partial charge on any atom is -0.378 e. The van der Waals surface area contributed by atoms with Gasteiger partial charge in [-0.1, -0.05) is 68.8 Å². The Balaban J connectivity index is 1.94. The van der Waals surface area contributed by atoms with Gasteiger partial charge in [0.1, 0.15) is 0 Å². The second kappa shape index (κ2) is 7.16. The number of aliphatic hydroxyl groups excluding tert-OH is 1. The Hall–Kier alpha value is -1.84. The second-order valence-corrected chi connectivity index (χ2v) is 7.06. The van der Waals surface area contributed by atoms with E-state index < -0.39 is 12.0 Å². The molecule has 2 rings (SSSR count). The Labute approximate surface area is 142 Å². The first-order valence-corrected chi connectivity index (χ1v) is 7.96. The van der Waals surface area contributed by atoms with Crippen LogP contribution in [-0.2, 0) is 16.8 Å². The van der Waals surface area contributed by atoms with E-state index in [9.17, 15) is 9.90 Å². The topological polar surface area (TPSA) is 49.3 Å². The van der Waals surface area contributed by atoms with E-state index in [2.05, 4.69) is 38.2 Å². The highest BCUT2D eigenvalue weighted by molar-refractivity contribution is 6.30. The van der Waals surface area contributed by atoms with Crippen LogP contribution < -0.4 is 5.32 Å². The molecular formula is C19H22ClNO2. The summed E-state index contributed by atoms with van der Waals surface area (Å²) in [6.45, 7) is 6.86. The van der Waals surface area contributed by atoms with Crippen molar-refractivity contribution in [3.63, 3.8) is 0 Å². The van der Waals surface area contributed by atoms with Crippen LogP contribution in [-0.4, -0.2) is 11.0 Å². The van der Waals surface area contributed by atoms with Gasteiger partial charge in [-0.05, 0) is 34.2 Å². The SMILES string of the molecule is CC(C)(C)c1ccc(CNC(=O)C(O)c2ccc(Cl)cc2)cc1. The molecule has 1 atom stereocenters. The summed E-state index contributed by atoms with van der Waals surface area (Å²) in [5, 5.41) is 13.4. The lowest BCUT2D eigenvalue weighted by molar-refractivity contribution is -0.129. The fraction of sp³-hybridized carbons (Fsp3) is 0.316. The maximum Gasteiger partial charge on any atom is 0.253 e. The summed E-state index contributed by atoms with van der Waals surface area (Å²) in [7, 11) is 0. The zero-order valence-corrected chi connectivity index (χ0v) is 14.4. The van der Waals surface area contributed by atoms with Gasteiger partial charge in [0.25, 0.3) is 5.91 Å². The smallest absolute Gasteiger partial charge is 0.253 e. The number of nitrogens with one attached hydrogen (secondary N) is 1. The van der Waals surface area contributed by atoms with Gasteiger partial charge < -0.3 is 10.4 Å². The third-order valence-corrected chi connectivity index (χ3v) is 3.97. The minimum atomic E-state index is -1.19. The monoisotopic (exact) mass is 331 g/mol. The van der Waals surface area contributed by atoms with Gasteiger partial charge in [0, 0.05) is 11.6 Å². The standard InChI is InChI=1S/C19H22ClNO2/c1-19(2,3)15-8-4-13(5-9-15)12-21-18(23)17(22)14-6-10-16(20)11-7-14/h4-11,17,22H,12H2,1-3H3,(H,21,23). The largest absolute Gasteiger partial charge is 0.378 e. The first-order chi connectivity index (χ1) is 10.8. The number of hydrogen-bond acceptors (Lipinski definition) is 2. The molecule has 2 N–H and O–H groups in total. The number of halogens is 1. The van der Waals surface area contributed by atoms with Gasteiger partial charge in [-0.3, -0.25) is 4.79 Å². The first kappa shape index (κ1) is 17.5. The predicted octanol–water partition coefficient (Wildman–Crippen LogP) is 3.99. The molecule has 1 unspecified atom stereocenters. The Morgan fingerprint density at radius 2 is 1.65 bits per heavy atom. The van der Waals surface area contributed by atoms with Crippen LogP contribution in [0.1, 0.15) is 43.6 Å². The summed E-state index contributed by atoms with van der Waals surface area (Å²) in [6.07, 6.45) is -1.19. The van der Waals surface area contributed by atoms with E-state index in [1.165, 1.54) is 5.56 Å². The van der Waals surface area contributed by atoms with E-state index in [1.807, 2.05) is 12.1 Å². The van der Waals surface area contributed by atoms with Crippen molar-refractivity contribution in [2.75, 3.05) is 0 Å². The Bertz CT molecular complexity index is 657. The number of aliphatic hydroxyl groups is 1. The molecule has 0 spiro atoms. The number of amides is 1. The van der Waals surface area contributed by atoms with E-state index in [0.29, 0.717) is 17.1 Å². The van der Waals surface area contributed by atoms with Crippen LogP contribution in [0.3, 0.4) is 0 Å². The van der Waals surface area contributed by atoms with Crippen molar-refractivity contribution >= 4 is 17.5 Å². The molecule has 1 amide bonds. The van der Waals surface area contributed by atoms with E-state index in [0.717, 1.165) is 5.56 Å². The van der Waals surface area contributed by atoms with Crippen LogP contribution >= 0.6 is 11.6 Å².